The molecule has 2 aliphatic heterocycles. The first-order chi connectivity index (χ1) is 12.8. The first kappa shape index (κ1) is 18.7. The molecule has 5 rings (SSSR count). The highest BCUT2D eigenvalue weighted by molar-refractivity contribution is 5.94. The zero-order valence-corrected chi connectivity index (χ0v) is 15.9. The lowest BCUT2D eigenvalue weighted by atomic mass is 9.67. The third-order valence-corrected chi connectivity index (χ3v) is 5.74. The van der Waals surface area contributed by atoms with Gasteiger partial charge in [-0.25, -0.2) is 0 Å². The molecule has 0 aromatic heterocycles. The zero-order chi connectivity index (χ0) is 18.4. The number of hydrogen-bond donors (Lipinski definition) is 2. The van der Waals surface area contributed by atoms with Gasteiger partial charge in [0.1, 0.15) is 0 Å². The molecule has 3 heteroatoms. The van der Waals surface area contributed by atoms with Crippen LogP contribution in [0.1, 0.15) is 61.5 Å². The molecular weight excluding hydrogens is 320 g/mol. The summed E-state index contributed by atoms with van der Waals surface area (Å²) in [6.45, 7) is 5.07. The second kappa shape index (κ2) is 8.50. The topological polar surface area (TPSA) is 41.1 Å². The number of piperidine rings is 2. The molecule has 1 amide bonds. The molecule has 3 nitrogen and oxygen atoms in total. The van der Waals surface area contributed by atoms with E-state index in [1.54, 1.807) is 0 Å². The van der Waals surface area contributed by atoms with Crippen LogP contribution in [0.4, 0.5) is 0 Å². The number of rotatable bonds is 4. The molecule has 2 heterocycles. The van der Waals surface area contributed by atoms with Crippen molar-refractivity contribution >= 4 is 5.91 Å². The molecule has 2 N–H and O–H groups in total. The van der Waals surface area contributed by atoms with Crippen molar-refractivity contribution < 1.29 is 4.79 Å². The van der Waals surface area contributed by atoms with E-state index in [4.69, 9.17) is 0 Å². The highest BCUT2D eigenvalue weighted by Gasteiger charge is 2.46. The van der Waals surface area contributed by atoms with Crippen LogP contribution in [-0.2, 0) is 0 Å². The van der Waals surface area contributed by atoms with Gasteiger partial charge in [0.2, 0.25) is 0 Å². The van der Waals surface area contributed by atoms with Gasteiger partial charge in [0, 0.05) is 11.1 Å². The van der Waals surface area contributed by atoms with Gasteiger partial charge in [-0.1, -0.05) is 62.4 Å². The van der Waals surface area contributed by atoms with Gasteiger partial charge in [0.05, 0.1) is 6.04 Å². The molecule has 3 fully saturated rings. The lowest BCUT2D eigenvalue weighted by Gasteiger charge is -2.52. The number of carbonyl (C=O) groups excluding carboxylic acids is 1. The fraction of sp³-hybridized carbons (Fsp3) is 0.435. The molecule has 3 aliphatic rings. The first-order valence-electron chi connectivity index (χ1n) is 9.93. The second-order valence-electron chi connectivity index (χ2n) is 7.16. The van der Waals surface area contributed by atoms with E-state index >= 15 is 0 Å². The van der Waals surface area contributed by atoms with E-state index in [1.165, 1.54) is 18.4 Å². The van der Waals surface area contributed by atoms with Crippen LogP contribution in [0.15, 0.2) is 60.7 Å². The lowest BCUT2D eigenvalue weighted by molar-refractivity contribution is 0.0676. The van der Waals surface area contributed by atoms with Gasteiger partial charge >= 0.3 is 0 Å². The predicted molar refractivity (Wildman–Crippen MR) is 107 cm³/mol. The van der Waals surface area contributed by atoms with E-state index < -0.39 is 0 Å². The number of benzene rings is 2. The van der Waals surface area contributed by atoms with E-state index in [1.807, 2.05) is 50.2 Å². The molecule has 1 saturated carbocycles. The van der Waals surface area contributed by atoms with E-state index in [9.17, 15) is 4.79 Å². The molecular formula is C23H30N2O. The summed E-state index contributed by atoms with van der Waals surface area (Å²) in [5, 5.41) is 7.11. The average molecular weight is 351 g/mol. The van der Waals surface area contributed by atoms with Crippen molar-refractivity contribution in [1.82, 2.24) is 10.6 Å². The largest absolute Gasteiger partial charge is 0.343 e. The minimum Gasteiger partial charge on any atom is -0.343 e. The van der Waals surface area contributed by atoms with Gasteiger partial charge in [0.25, 0.3) is 5.91 Å². The van der Waals surface area contributed by atoms with Gasteiger partial charge in [0.15, 0.2) is 0 Å². The summed E-state index contributed by atoms with van der Waals surface area (Å²) in [5.74, 6) is 0.821. The van der Waals surface area contributed by atoms with Crippen LogP contribution in [0.3, 0.4) is 0 Å². The Bertz CT molecular complexity index is 677. The van der Waals surface area contributed by atoms with Gasteiger partial charge < -0.3 is 10.6 Å². The third kappa shape index (κ3) is 3.83. The molecule has 2 aromatic carbocycles. The Morgan fingerprint density at radius 3 is 2.12 bits per heavy atom. The van der Waals surface area contributed by atoms with E-state index in [0.29, 0.717) is 0 Å². The van der Waals surface area contributed by atoms with Crippen molar-refractivity contribution in [2.45, 2.75) is 51.1 Å². The van der Waals surface area contributed by atoms with Crippen molar-refractivity contribution in [2.24, 2.45) is 5.92 Å². The Morgan fingerprint density at radius 1 is 1.00 bits per heavy atom. The molecule has 0 radical (unpaired) electrons. The maximum atomic E-state index is 12.8. The van der Waals surface area contributed by atoms with Crippen molar-refractivity contribution in [3.8, 4) is 0 Å². The fourth-order valence-corrected chi connectivity index (χ4v) is 4.30. The summed E-state index contributed by atoms with van der Waals surface area (Å²) in [6.07, 6.45) is 4.79. The van der Waals surface area contributed by atoms with E-state index in [-0.39, 0.29) is 17.5 Å². The highest BCUT2D eigenvalue weighted by atomic mass is 16.1. The van der Waals surface area contributed by atoms with Gasteiger partial charge in [-0.05, 0) is 55.8 Å². The Labute approximate surface area is 157 Å². The quantitative estimate of drug-likeness (QED) is 0.838. The van der Waals surface area contributed by atoms with Crippen LogP contribution in [0.5, 0.6) is 0 Å². The smallest absolute Gasteiger partial charge is 0.251 e. The highest BCUT2D eigenvalue weighted by Crippen LogP contribution is 2.44. The van der Waals surface area contributed by atoms with Crippen LogP contribution in [-0.4, -0.2) is 18.0 Å². The Morgan fingerprint density at radius 2 is 1.58 bits per heavy atom. The van der Waals surface area contributed by atoms with Gasteiger partial charge in [-0.3, -0.25) is 4.79 Å². The summed E-state index contributed by atoms with van der Waals surface area (Å²) in [5.41, 5.74) is 1.90. The third-order valence-electron chi connectivity index (χ3n) is 5.74. The number of nitrogens with one attached hydrogen (secondary N) is 2. The van der Waals surface area contributed by atoms with Crippen molar-refractivity contribution in [1.29, 1.82) is 0 Å². The van der Waals surface area contributed by atoms with Crippen LogP contribution in [0, 0.1) is 5.92 Å². The Balaban J connectivity index is 0.000000948. The minimum absolute atomic E-state index is 0.00709. The molecule has 2 saturated heterocycles. The predicted octanol–water partition coefficient (Wildman–Crippen LogP) is 4.72. The van der Waals surface area contributed by atoms with Crippen LogP contribution in [0.25, 0.3) is 0 Å². The van der Waals surface area contributed by atoms with Crippen LogP contribution < -0.4 is 10.6 Å². The lowest BCUT2D eigenvalue weighted by Crippen LogP contribution is -2.62. The molecule has 1 aliphatic carbocycles. The number of carbonyl (C=O) groups is 1. The summed E-state index contributed by atoms with van der Waals surface area (Å²) in [7, 11) is 0. The summed E-state index contributed by atoms with van der Waals surface area (Å²) < 4.78 is 0. The maximum Gasteiger partial charge on any atom is 0.251 e. The average Bonchev–Trinajstić information content (AvgIpc) is 2.76. The van der Waals surface area contributed by atoms with Crippen LogP contribution in [0.2, 0.25) is 0 Å². The molecule has 0 unspecified atom stereocenters. The van der Waals surface area contributed by atoms with Crippen molar-refractivity contribution in [3.63, 3.8) is 0 Å². The number of amides is 1. The maximum absolute atomic E-state index is 12.8. The first-order valence-corrected chi connectivity index (χ1v) is 9.93. The Kier molecular flexibility index (Phi) is 6.10. The normalized spacial score (nSPS) is 24.9. The summed E-state index contributed by atoms with van der Waals surface area (Å²) >= 11 is 0. The van der Waals surface area contributed by atoms with Crippen molar-refractivity contribution in [3.05, 3.63) is 71.8 Å². The standard InChI is InChI=1S/C21H24N2O.C2H6/c24-20(18-9-5-2-6-10-18)23-19(17-7-3-1-4-8-17)21-13-11-16(12-14-21)15-22-21;1-2/h1-10,16,19,22H,11-15H2,(H,23,24);1-2H3/t16?,19-,21?;/m1./s1. The molecule has 0 spiro atoms. The SMILES string of the molecule is CC.O=C(N[C@H](c1ccccc1)C12CCC(CC1)CN2)c1ccccc1. The molecule has 2 aromatic rings. The second-order valence-corrected chi connectivity index (χ2v) is 7.16. The van der Waals surface area contributed by atoms with Crippen LogP contribution >= 0.6 is 0 Å². The molecule has 26 heavy (non-hydrogen) atoms. The molecule has 138 valence electrons. The number of fused-ring (bicyclic) bond motifs is 3. The molecule has 1 atom stereocenters. The summed E-state index contributed by atoms with van der Waals surface area (Å²) in [6, 6.07) is 19.9. The summed E-state index contributed by atoms with van der Waals surface area (Å²) in [4.78, 5) is 12.8. The minimum atomic E-state index is -0.0133. The zero-order valence-electron chi connectivity index (χ0n) is 15.9. The monoisotopic (exact) mass is 350 g/mol. The Hall–Kier alpha value is -2.13. The van der Waals surface area contributed by atoms with Gasteiger partial charge in [-0.15, -0.1) is 0 Å². The molecule has 2 bridgehead atoms. The number of hydrogen-bond acceptors (Lipinski definition) is 2. The fourth-order valence-electron chi connectivity index (χ4n) is 4.30. The van der Waals surface area contributed by atoms with Gasteiger partial charge in [-0.2, -0.15) is 0 Å². The van der Waals surface area contributed by atoms with Crippen molar-refractivity contribution in [2.75, 3.05) is 6.54 Å². The van der Waals surface area contributed by atoms with E-state index in [0.717, 1.165) is 30.9 Å². The van der Waals surface area contributed by atoms with E-state index in [2.05, 4.69) is 34.9 Å².